The molecule has 0 saturated heterocycles. The van der Waals surface area contributed by atoms with Gasteiger partial charge in [-0.2, -0.15) is 10.2 Å². The van der Waals surface area contributed by atoms with Crippen LogP contribution in [-0.4, -0.2) is 44.6 Å². The van der Waals surface area contributed by atoms with Crippen LogP contribution in [0.5, 0.6) is 0 Å². The molecule has 2 N–H and O–H groups in total. The molecule has 144 valence electrons. The van der Waals surface area contributed by atoms with Gasteiger partial charge in [0.2, 0.25) is 0 Å². The number of esters is 2. The van der Waals surface area contributed by atoms with Gasteiger partial charge in [-0.15, -0.1) is 0 Å². The third kappa shape index (κ3) is 6.06. The largest absolute Gasteiger partial charge is 0.465 e. The molecular formula is C19H18N4O5. The second-order valence-corrected chi connectivity index (χ2v) is 5.30. The highest BCUT2D eigenvalue weighted by molar-refractivity contribution is 5.91. The van der Waals surface area contributed by atoms with Gasteiger partial charge in [-0.05, 0) is 35.4 Å². The summed E-state index contributed by atoms with van der Waals surface area (Å²) in [6.07, 6.45) is 2.83. The molecule has 0 spiro atoms. The molecule has 0 saturated carbocycles. The molecule has 2 aromatic carbocycles. The summed E-state index contributed by atoms with van der Waals surface area (Å²) in [6.45, 7) is 0. The second-order valence-electron chi connectivity index (χ2n) is 5.30. The molecule has 2 aromatic rings. The first kappa shape index (κ1) is 20.3. The Morgan fingerprint density at radius 3 is 1.39 bits per heavy atom. The van der Waals surface area contributed by atoms with Crippen LogP contribution in [0.2, 0.25) is 0 Å². The minimum atomic E-state index is -0.634. The Labute approximate surface area is 161 Å². The summed E-state index contributed by atoms with van der Waals surface area (Å²) in [4.78, 5) is 34.3. The zero-order valence-corrected chi connectivity index (χ0v) is 15.2. The molecule has 9 heteroatoms. The topological polar surface area (TPSA) is 118 Å². The summed E-state index contributed by atoms with van der Waals surface area (Å²) in [5.41, 5.74) is 6.70. The minimum Gasteiger partial charge on any atom is -0.465 e. The standard InChI is InChI=1S/C19H18N4O5/c1-27-17(24)15-7-3-13(4-8-15)11-20-22-19(26)23-21-12-14-5-9-16(10-6-14)18(25)28-2/h3-12H,1-2H3,(H2,22,23,26)/b20-11-,21-12-. The van der Waals surface area contributed by atoms with Crippen molar-refractivity contribution in [3.63, 3.8) is 0 Å². The van der Waals surface area contributed by atoms with Gasteiger partial charge in [-0.25, -0.2) is 25.2 Å². The van der Waals surface area contributed by atoms with E-state index in [-0.39, 0.29) is 0 Å². The average molecular weight is 382 g/mol. The van der Waals surface area contributed by atoms with E-state index in [2.05, 4.69) is 30.5 Å². The second kappa shape index (κ2) is 10.2. The highest BCUT2D eigenvalue weighted by Crippen LogP contribution is 2.04. The van der Waals surface area contributed by atoms with E-state index >= 15 is 0 Å². The van der Waals surface area contributed by atoms with E-state index in [0.717, 1.165) is 0 Å². The Hall–Kier alpha value is -4.01. The normalized spacial score (nSPS) is 10.6. The van der Waals surface area contributed by atoms with E-state index in [1.165, 1.54) is 26.6 Å². The third-order valence-corrected chi connectivity index (χ3v) is 3.42. The Balaban J connectivity index is 1.80. The van der Waals surface area contributed by atoms with Crippen LogP contribution in [-0.2, 0) is 9.47 Å². The molecule has 9 nitrogen and oxygen atoms in total. The number of benzene rings is 2. The smallest absolute Gasteiger partial charge is 0.355 e. The number of carbonyl (C=O) groups excluding carboxylic acids is 3. The van der Waals surface area contributed by atoms with Crippen molar-refractivity contribution in [2.24, 2.45) is 10.2 Å². The molecule has 0 fully saturated rings. The number of ether oxygens (including phenoxy) is 2. The maximum absolute atomic E-state index is 11.6. The predicted molar refractivity (Wildman–Crippen MR) is 102 cm³/mol. The monoisotopic (exact) mass is 382 g/mol. The lowest BCUT2D eigenvalue weighted by molar-refractivity contribution is 0.0592. The fourth-order valence-electron chi connectivity index (χ4n) is 2.00. The van der Waals surface area contributed by atoms with Crippen molar-refractivity contribution in [1.29, 1.82) is 0 Å². The van der Waals surface area contributed by atoms with E-state index in [1.54, 1.807) is 48.5 Å². The van der Waals surface area contributed by atoms with Crippen molar-refractivity contribution in [3.8, 4) is 0 Å². The Morgan fingerprint density at radius 2 is 1.07 bits per heavy atom. The zero-order valence-electron chi connectivity index (χ0n) is 15.2. The summed E-state index contributed by atoms with van der Waals surface area (Å²) >= 11 is 0. The Morgan fingerprint density at radius 1 is 0.714 bits per heavy atom. The Kier molecular flexibility index (Phi) is 7.41. The molecule has 0 heterocycles. The molecule has 0 atom stereocenters. The van der Waals surface area contributed by atoms with Crippen molar-refractivity contribution >= 4 is 30.4 Å². The molecule has 0 unspecified atom stereocenters. The van der Waals surface area contributed by atoms with E-state index in [9.17, 15) is 14.4 Å². The van der Waals surface area contributed by atoms with Crippen LogP contribution < -0.4 is 10.9 Å². The minimum absolute atomic E-state index is 0.416. The van der Waals surface area contributed by atoms with Gasteiger partial charge in [0.1, 0.15) is 0 Å². The number of hydrogen-bond donors (Lipinski definition) is 2. The maximum atomic E-state index is 11.6. The van der Waals surface area contributed by atoms with E-state index in [4.69, 9.17) is 0 Å². The summed E-state index contributed by atoms with van der Waals surface area (Å²) in [5.74, 6) is -0.863. The van der Waals surface area contributed by atoms with Crippen LogP contribution >= 0.6 is 0 Å². The number of amides is 2. The molecule has 0 radical (unpaired) electrons. The lowest BCUT2D eigenvalue weighted by Gasteiger charge is -2.00. The van der Waals surface area contributed by atoms with Gasteiger partial charge in [0.15, 0.2) is 0 Å². The first-order valence-electron chi connectivity index (χ1n) is 8.02. The quantitative estimate of drug-likeness (QED) is 0.450. The molecular weight excluding hydrogens is 364 g/mol. The number of methoxy groups -OCH3 is 2. The SMILES string of the molecule is COC(=O)c1ccc(/C=N\NC(=O)N/N=C\c2ccc(C(=O)OC)cc2)cc1. The number of hydrazone groups is 2. The number of urea groups is 1. The van der Waals surface area contributed by atoms with Crippen LogP contribution in [0.15, 0.2) is 58.7 Å². The summed E-state index contributed by atoms with van der Waals surface area (Å²) < 4.78 is 9.22. The Bertz CT molecular complexity index is 816. The number of carbonyl (C=O) groups is 3. The molecule has 0 aromatic heterocycles. The number of nitrogens with zero attached hydrogens (tertiary/aromatic N) is 2. The zero-order chi connectivity index (χ0) is 20.4. The van der Waals surface area contributed by atoms with Crippen LogP contribution in [0.25, 0.3) is 0 Å². The fourth-order valence-corrected chi connectivity index (χ4v) is 2.00. The molecule has 0 aliphatic rings. The van der Waals surface area contributed by atoms with Gasteiger partial charge in [-0.3, -0.25) is 0 Å². The molecule has 0 aliphatic heterocycles. The molecule has 0 bridgehead atoms. The van der Waals surface area contributed by atoms with E-state index in [1.807, 2.05) is 0 Å². The molecule has 0 aliphatic carbocycles. The van der Waals surface area contributed by atoms with Gasteiger partial charge in [-0.1, -0.05) is 24.3 Å². The lowest BCUT2D eigenvalue weighted by Crippen LogP contribution is -2.28. The highest BCUT2D eigenvalue weighted by Gasteiger charge is 2.04. The summed E-state index contributed by atoms with van der Waals surface area (Å²) in [7, 11) is 2.61. The van der Waals surface area contributed by atoms with Crippen LogP contribution in [0, 0.1) is 0 Å². The first-order chi connectivity index (χ1) is 13.5. The van der Waals surface area contributed by atoms with Crippen molar-refractivity contribution in [2.75, 3.05) is 14.2 Å². The first-order valence-corrected chi connectivity index (χ1v) is 8.02. The van der Waals surface area contributed by atoms with Gasteiger partial charge in [0.05, 0.1) is 37.8 Å². The van der Waals surface area contributed by atoms with Crippen LogP contribution in [0.3, 0.4) is 0 Å². The molecule has 28 heavy (non-hydrogen) atoms. The number of nitrogens with one attached hydrogen (secondary N) is 2. The van der Waals surface area contributed by atoms with Crippen molar-refractivity contribution in [2.45, 2.75) is 0 Å². The van der Waals surface area contributed by atoms with Crippen molar-refractivity contribution in [3.05, 3.63) is 70.8 Å². The van der Waals surface area contributed by atoms with Gasteiger partial charge < -0.3 is 9.47 Å². The van der Waals surface area contributed by atoms with Crippen molar-refractivity contribution in [1.82, 2.24) is 10.9 Å². The summed E-state index contributed by atoms with van der Waals surface area (Å²) in [5, 5.41) is 7.55. The lowest BCUT2D eigenvalue weighted by atomic mass is 10.1. The molecule has 2 amide bonds. The predicted octanol–water partition coefficient (Wildman–Crippen LogP) is 1.93. The number of hydrogen-bond acceptors (Lipinski definition) is 7. The van der Waals surface area contributed by atoms with Gasteiger partial charge >= 0.3 is 18.0 Å². The highest BCUT2D eigenvalue weighted by atomic mass is 16.5. The van der Waals surface area contributed by atoms with E-state index in [0.29, 0.717) is 22.3 Å². The molecule has 2 rings (SSSR count). The maximum Gasteiger partial charge on any atom is 0.355 e. The third-order valence-electron chi connectivity index (χ3n) is 3.42. The van der Waals surface area contributed by atoms with Gasteiger partial charge in [0.25, 0.3) is 0 Å². The van der Waals surface area contributed by atoms with Crippen molar-refractivity contribution < 1.29 is 23.9 Å². The van der Waals surface area contributed by atoms with Crippen LogP contribution in [0.4, 0.5) is 4.79 Å². The van der Waals surface area contributed by atoms with Gasteiger partial charge in [0, 0.05) is 0 Å². The van der Waals surface area contributed by atoms with Crippen LogP contribution in [0.1, 0.15) is 31.8 Å². The fraction of sp³-hybridized carbons (Fsp3) is 0.105. The summed E-state index contributed by atoms with van der Waals surface area (Å²) in [6, 6.07) is 12.3. The average Bonchev–Trinajstić information content (AvgIpc) is 2.73. The number of rotatable bonds is 6. The van der Waals surface area contributed by atoms with E-state index < -0.39 is 18.0 Å².